The van der Waals surface area contributed by atoms with Gasteiger partial charge in [-0.05, 0) is 43.5 Å². The summed E-state index contributed by atoms with van der Waals surface area (Å²) in [5, 5.41) is 4.05. The fraction of sp³-hybridized carbons (Fsp3) is 0.348. The normalized spacial score (nSPS) is 14.6. The molecule has 30 heavy (non-hydrogen) atoms. The van der Waals surface area contributed by atoms with Gasteiger partial charge >= 0.3 is 0 Å². The molecule has 1 N–H and O–H groups in total. The fourth-order valence-electron chi connectivity index (χ4n) is 3.41. The van der Waals surface area contributed by atoms with E-state index in [4.69, 9.17) is 9.47 Å². The van der Waals surface area contributed by atoms with Gasteiger partial charge in [-0.3, -0.25) is 9.59 Å². The van der Waals surface area contributed by atoms with E-state index in [1.807, 2.05) is 31.2 Å². The molecule has 0 atom stereocenters. The molecule has 3 rings (SSSR count). The van der Waals surface area contributed by atoms with Crippen molar-refractivity contribution in [2.45, 2.75) is 19.8 Å². The summed E-state index contributed by atoms with van der Waals surface area (Å²) in [5.41, 5.74) is 5.25. The highest BCUT2D eigenvalue weighted by atomic mass is 16.5. The van der Waals surface area contributed by atoms with Crippen LogP contribution in [0.1, 0.15) is 34.3 Å². The minimum Gasteiger partial charge on any atom is -0.493 e. The second kappa shape index (κ2) is 9.91. The predicted octanol–water partition coefficient (Wildman–Crippen LogP) is 3.01. The maximum absolute atomic E-state index is 12.8. The number of hydrogen-bond acceptors (Lipinski definition) is 5. The van der Waals surface area contributed by atoms with E-state index >= 15 is 0 Å². The van der Waals surface area contributed by atoms with Crippen molar-refractivity contribution in [3.05, 3.63) is 59.2 Å². The highest BCUT2D eigenvalue weighted by Gasteiger charge is 2.28. The second-order valence-corrected chi connectivity index (χ2v) is 7.28. The second-order valence-electron chi connectivity index (χ2n) is 7.28. The van der Waals surface area contributed by atoms with Crippen LogP contribution >= 0.6 is 0 Å². The summed E-state index contributed by atoms with van der Waals surface area (Å²) in [6.45, 7) is 3.06. The SMILES string of the molecule is COc1ccc(C(=O)N2CCC(C(=O)N/N=C\c3ccc(C)cc3)CC2)cc1OC. The summed E-state index contributed by atoms with van der Waals surface area (Å²) in [4.78, 5) is 27.0. The maximum atomic E-state index is 12.8. The number of benzene rings is 2. The smallest absolute Gasteiger partial charge is 0.253 e. The summed E-state index contributed by atoms with van der Waals surface area (Å²) in [6.07, 6.45) is 2.84. The van der Waals surface area contributed by atoms with Gasteiger partial charge in [-0.1, -0.05) is 29.8 Å². The zero-order valence-electron chi connectivity index (χ0n) is 17.6. The molecule has 7 heteroatoms. The van der Waals surface area contributed by atoms with Crippen molar-refractivity contribution < 1.29 is 19.1 Å². The molecule has 1 saturated heterocycles. The number of piperidine rings is 1. The van der Waals surface area contributed by atoms with Crippen molar-refractivity contribution in [1.29, 1.82) is 0 Å². The number of hydrazone groups is 1. The van der Waals surface area contributed by atoms with Crippen LogP contribution in [0.25, 0.3) is 0 Å². The topological polar surface area (TPSA) is 80.2 Å². The molecule has 0 radical (unpaired) electrons. The first-order valence-corrected chi connectivity index (χ1v) is 9.92. The number of hydrogen-bond donors (Lipinski definition) is 1. The van der Waals surface area contributed by atoms with Crippen molar-refractivity contribution >= 4 is 18.0 Å². The van der Waals surface area contributed by atoms with E-state index < -0.39 is 0 Å². The van der Waals surface area contributed by atoms with Gasteiger partial charge in [0.2, 0.25) is 5.91 Å². The van der Waals surface area contributed by atoms with E-state index in [1.165, 1.54) is 12.7 Å². The van der Waals surface area contributed by atoms with E-state index in [-0.39, 0.29) is 17.7 Å². The van der Waals surface area contributed by atoms with Gasteiger partial charge in [0, 0.05) is 24.6 Å². The highest BCUT2D eigenvalue weighted by Crippen LogP contribution is 2.28. The molecule has 0 aromatic heterocycles. The summed E-state index contributed by atoms with van der Waals surface area (Å²) < 4.78 is 10.5. The van der Waals surface area contributed by atoms with E-state index in [0.717, 1.165) is 5.56 Å². The molecule has 7 nitrogen and oxygen atoms in total. The number of likely N-dealkylation sites (tertiary alicyclic amines) is 1. The average Bonchev–Trinajstić information content (AvgIpc) is 2.79. The first-order chi connectivity index (χ1) is 14.5. The number of nitrogens with zero attached hydrogens (tertiary/aromatic N) is 2. The third-order valence-corrected chi connectivity index (χ3v) is 5.25. The molecule has 158 valence electrons. The largest absolute Gasteiger partial charge is 0.493 e. The number of rotatable bonds is 6. The Morgan fingerprint density at radius 2 is 1.70 bits per heavy atom. The number of carbonyl (C=O) groups is 2. The predicted molar refractivity (Wildman–Crippen MR) is 115 cm³/mol. The van der Waals surface area contributed by atoms with Crippen molar-refractivity contribution in [3.8, 4) is 11.5 Å². The number of carbonyl (C=O) groups excluding carboxylic acids is 2. The van der Waals surface area contributed by atoms with Crippen LogP contribution in [0, 0.1) is 12.8 Å². The zero-order chi connectivity index (χ0) is 21.5. The van der Waals surface area contributed by atoms with Crippen LogP contribution in [0.5, 0.6) is 11.5 Å². The number of ether oxygens (including phenoxy) is 2. The number of methoxy groups -OCH3 is 2. The number of amides is 2. The molecule has 1 aliphatic heterocycles. The van der Waals surface area contributed by atoms with E-state index in [1.54, 1.807) is 36.4 Å². The number of nitrogens with one attached hydrogen (secondary N) is 1. The first-order valence-electron chi connectivity index (χ1n) is 9.92. The van der Waals surface area contributed by atoms with Crippen LogP contribution in [0.2, 0.25) is 0 Å². The van der Waals surface area contributed by atoms with Crippen LogP contribution in [0.4, 0.5) is 0 Å². The lowest BCUT2D eigenvalue weighted by Crippen LogP contribution is -2.42. The van der Waals surface area contributed by atoms with Crippen LogP contribution in [-0.4, -0.2) is 50.2 Å². The van der Waals surface area contributed by atoms with Crippen LogP contribution in [-0.2, 0) is 4.79 Å². The summed E-state index contributed by atoms with van der Waals surface area (Å²) in [7, 11) is 3.09. The van der Waals surface area contributed by atoms with Gasteiger partial charge in [-0.25, -0.2) is 5.43 Å². The highest BCUT2D eigenvalue weighted by molar-refractivity contribution is 5.95. The standard InChI is InChI=1S/C23H27N3O4/c1-16-4-6-17(7-5-16)15-24-25-22(27)18-10-12-26(13-11-18)23(28)19-8-9-20(29-2)21(14-19)30-3/h4-9,14-15,18H,10-13H2,1-3H3,(H,25,27)/b24-15-. The van der Waals surface area contributed by atoms with Gasteiger partial charge in [-0.15, -0.1) is 0 Å². The van der Waals surface area contributed by atoms with Crippen LogP contribution < -0.4 is 14.9 Å². The van der Waals surface area contributed by atoms with Crippen molar-refractivity contribution in [2.75, 3.05) is 27.3 Å². The molecule has 1 fully saturated rings. The Kier molecular flexibility index (Phi) is 7.06. The molecule has 2 aromatic carbocycles. The Hall–Kier alpha value is -3.35. The molecular weight excluding hydrogens is 382 g/mol. The van der Waals surface area contributed by atoms with Gasteiger partial charge in [0.1, 0.15) is 0 Å². The van der Waals surface area contributed by atoms with Gasteiger partial charge in [0.25, 0.3) is 5.91 Å². The summed E-state index contributed by atoms with van der Waals surface area (Å²) in [6, 6.07) is 13.0. The first kappa shape index (κ1) is 21.4. The van der Waals surface area contributed by atoms with Crippen LogP contribution in [0.3, 0.4) is 0 Å². The quantitative estimate of drug-likeness (QED) is 0.588. The maximum Gasteiger partial charge on any atom is 0.253 e. The lowest BCUT2D eigenvalue weighted by molar-refractivity contribution is -0.126. The summed E-state index contributed by atoms with van der Waals surface area (Å²) >= 11 is 0. The molecule has 0 aliphatic carbocycles. The Morgan fingerprint density at radius 3 is 2.33 bits per heavy atom. The van der Waals surface area contributed by atoms with Crippen molar-refractivity contribution in [1.82, 2.24) is 10.3 Å². The minimum absolute atomic E-state index is 0.0767. The molecule has 2 amide bonds. The van der Waals surface area contributed by atoms with Gasteiger partial charge < -0.3 is 14.4 Å². The molecular formula is C23H27N3O4. The van der Waals surface area contributed by atoms with E-state index in [0.29, 0.717) is 43.0 Å². The Balaban J connectivity index is 1.52. The third kappa shape index (κ3) is 5.17. The minimum atomic E-state index is -0.158. The molecule has 0 unspecified atom stereocenters. The molecule has 0 saturated carbocycles. The Labute approximate surface area is 176 Å². The monoisotopic (exact) mass is 409 g/mol. The van der Waals surface area contributed by atoms with Gasteiger partial charge in [-0.2, -0.15) is 5.10 Å². The molecule has 0 bridgehead atoms. The van der Waals surface area contributed by atoms with E-state index in [9.17, 15) is 9.59 Å². The van der Waals surface area contributed by atoms with E-state index in [2.05, 4.69) is 10.5 Å². The average molecular weight is 409 g/mol. The summed E-state index contributed by atoms with van der Waals surface area (Å²) in [5.74, 6) is 0.748. The Morgan fingerprint density at radius 1 is 1.03 bits per heavy atom. The molecule has 0 spiro atoms. The van der Waals surface area contributed by atoms with Crippen LogP contribution in [0.15, 0.2) is 47.6 Å². The van der Waals surface area contributed by atoms with Crippen molar-refractivity contribution in [3.63, 3.8) is 0 Å². The fourth-order valence-corrected chi connectivity index (χ4v) is 3.41. The van der Waals surface area contributed by atoms with Gasteiger partial charge in [0.05, 0.1) is 20.4 Å². The zero-order valence-corrected chi connectivity index (χ0v) is 17.6. The molecule has 1 aliphatic rings. The lowest BCUT2D eigenvalue weighted by Gasteiger charge is -2.31. The number of aryl methyl sites for hydroxylation is 1. The van der Waals surface area contributed by atoms with Crippen molar-refractivity contribution in [2.24, 2.45) is 11.0 Å². The third-order valence-electron chi connectivity index (χ3n) is 5.25. The molecule has 2 aromatic rings. The Bertz CT molecular complexity index is 917. The lowest BCUT2D eigenvalue weighted by atomic mass is 9.95. The van der Waals surface area contributed by atoms with Gasteiger partial charge in [0.15, 0.2) is 11.5 Å². The molecule has 1 heterocycles.